The van der Waals surface area contributed by atoms with E-state index in [1.54, 1.807) is 6.20 Å². The molecule has 0 radical (unpaired) electrons. The zero-order valence-electron chi connectivity index (χ0n) is 18.9. The van der Waals surface area contributed by atoms with Crippen LogP contribution in [-0.2, 0) is 16.0 Å². The summed E-state index contributed by atoms with van der Waals surface area (Å²) in [5.74, 6) is 2.07. The maximum Gasteiger partial charge on any atom is 0.213 e. The van der Waals surface area contributed by atoms with E-state index >= 15 is 0 Å². The number of hydrogen-bond donors (Lipinski definition) is 2. The molecule has 0 spiro atoms. The second kappa shape index (κ2) is 15.6. The van der Waals surface area contributed by atoms with E-state index in [-0.39, 0.29) is 36.2 Å². The van der Waals surface area contributed by atoms with Gasteiger partial charge in [0.2, 0.25) is 5.88 Å². The Hall–Kier alpha value is -1.13. The topological polar surface area (TPSA) is 77.0 Å². The largest absolute Gasteiger partial charge is 0.475 e. The monoisotopic (exact) mass is 534 g/mol. The lowest BCUT2D eigenvalue weighted by atomic mass is 10.1. The Kier molecular flexibility index (Phi) is 14.0. The molecule has 7 nitrogen and oxygen atoms in total. The summed E-state index contributed by atoms with van der Waals surface area (Å²) < 4.78 is 17.1. The molecule has 1 saturated heterocycles. The van der Waals surface area contributed by atoms with Gasteiger partial charge in [-0.3, -0.25) is 0 Å². The van der Waals surface area contributed by atoms with Crippen molar-refractivity contribution in [1.29, 1.82) is 0 Å². The second-order valence-corrected chi connectivity index (χ2v) is 7.89. The fraction of sp³-hybridized carbons (Fsp3) is 0.727. The Balaban J connectivity index is 0.00000450. The van der Waals surface area contributed by atoms with Gasteiger partial charge < -0.3 is 24.8 Å². The molecule has 1 aromatic rings. The predicted octanol–water partition coefficient (Wildman–Crippen LogP) is 3.76. The highest BCUT2D eigenvalue weighted by molar-refractivity contribution is 14.0. The van der Waals surface area contributed by atoms with E-state index in [1.165, 1.54) is 0 Å². The van der Waals surface area contributed by atoms with E-state index < -0.39 is 0 Å². The summed E-state index contributed by atoms with van der Waals surface area (Å²) in [5, 5.41) is 6.65. The van der Waals surface area contributed by atoms with E-state index in [0.29, 0.717) is 18.3 Å². The third kappa shape index (κ3) is 11.3. The Morgan fingerprint density at radius 2 is 2.17 bits per heavy atom. The standard InChI is InChI=1S/C22H38N4O3.HI/c1-5-23-22(25-9-6-11-28-20-8-12-27-16-20)26-15-19-7-10-24-21(14-19)29-18(4)13-17(2)3;/h7,10,14,17-18,20H,5-6,8-9,11-13,15-16H2,1-4H3,(H2,23,25,26);1H. The summed E-state index contributed by atoms with van der Waals surface area (Å²) in [4.78, 5) is 9.01. The van der Waals surface area contributed by atoms with Gasteiger partial charge in [-0.25, -0.2) is 9.98 Å². The summed E-state index contributed by atoms with van der Waals surface area (Å²) in [5.41, 5.74) is 1.08. The lowest BCUT2D eigenvalue weighted by molar-refractivity contribution is 0.0420. The maximum absolute atomic E-state index is 5.94. The second-order valence-electron chi connectivity index (χ2n) is 7.89. The van der Waals surface area contributed by atoms with Gasteiger partial charge in [-0.15, -0.1) is 24.0 Å². The molecular formula is C22H39IN4O3. The molecule has 172 valence electrons. The quantitative estimate of drug-likeness (QED) is 0.184. The molecule has 0 amide bonds. The average molecular weight is 534 g/mol. The van der Waals surface area contributed by atoms with Crippen LogP contribution in [0.1, 0.15) is 52.5 Å². The van der Waals surface area contributed by atoms with Crippen molar-refractivity contribution in [3.8, 4) is 5.88 Å². The smallest absolute Gasteiger partial charge is 0.213 e. The van der Waals surface area contributed by atoms with Crippen molar-refractivity contribution >= 4 is 29.9 Å². The number of guanidine groups is 1. The van der Waals surface area contributed by atoms with Crippen molar-refractivity contribution in [2.24, 2.45) is 10.9 Å². The minimum atomic E-state index is 0. The number of rotatable bonds is 12. The first-order valence-corrected chi connectivity index (χ1v) is 10.9. The van der Waals surface area contributed by atoms with Crippen LogP contribution in [0.15, 0.2) is 23.3 Å². The van der Waals surface area contributed by atoms with E-state index in [4.69, 9.17) is 14.2 Å². The average Bonchev–Trinajstić information content (AvgIpc) is 3.19. The van der Waals surface area contributed by atoms with Gasteiger partial charge in [-0.2, -0.15) is 0 Å². The Morgan fingerprint density at radius 1 is 1.33 bits per heavy atom. The summed E-state index contributed by atoms with van der Waals surface area (Å²) in [6.07, 6.45) is 5.15. The fourth-order valence-corrected chi connectivity index (χ4v) is 3.22. The lowest BCUT2D eigenvalue weighted by Gasteiger charge is -2.16. The van der Waals surface area contributed by atoms with Crippen molar-refractivity contribution in [1.82, 2.24) is 15.6 Å². The highest BCUT2D eigenvalue weighted by atomic mass is 127. The van der Waals surface area contributed by atoms with Crippen LogP contribution < -0.4 is 15.4 Å². The molecule has 2 heterocycles. The molecule has 1 aromatic heterocycles. The van der Waals surface area contributed by atoms with Crippen molar-refractivity contribution in [2.75, 3.05) is 32.9 Å². The van der Waals surface area contributed by atoms with Gasteiger partial charge in [-0.05, 0) is 50.7 Å². The molecule has 8 heteroatoms. The van der Waals surface area contributed by atoms with Crippen molar-refractivity contribution in [2.45, 2.75) is 65.7 Å². The van der Waals surface area contributed by atoms with Gasteiger partial charge in [-0.1, -0.05) is 13.8 Å². The molecule has 2 unspecified atom stereocenters. The van der Waals surface area contributed by atoms with Crippen LogP contribution in [0.4, 0.5) is 0 Å². The summed E-state index contributed by atoms with van der Waals surface area (Å²) >= 11 is 0. The first-order chi connectivity index (χ1) is 14.1. The molecule has 2 rings (SSSR count). The number of aliphatic imine (C=N–C) groups is 1. The molecule has 2 atom stereocenters. The maximum atomic E-state index is 5.94. The number of pyridine rings is 1. The SMILES string of the molecule is CCNC(=NCc1ccnc(OC(C)CC(C)C)c1)NCCCOC1CCOC1.I. The number of halogens is 1. The number of nitrogens with one attached hydrogen (secondary N) is 2. The van der Waals surface area contributed by atoms with Crippen LogP contribution in [-0.4, -0.2) is 56.1 Å². The zero-order chi connectivity index (χ0) is 20.9. The van der Waals surface area contributed by atoms with Crippen molar-refractivity contribution in [3.63, 3.8) is 0 Å². The molecule has 0 aliphatic carbocycles. The molecule has 1 aliphatic heterocycles. The Morgan fingerprint density at radius 3 is 2.87 bits per heavy atom. The molecule has 2 N–H and O–H groups in total. The highest BCUT2D eigenvalue weighted by Gasteiger charge is 2.15. The van der Waals surface area contributed by atoms with Crippen LogP contribution in [0.25, 0.3) is 0 Å². The van der Waals surface area contributed by atoms with Gasteiger partial charge in [0.25, 0.3) is 0 Å². The molecule has 0 bridgehead atoms. The molecule has 0 saturated carbocycles. The van der Waals surface area contributed by atoms with Gasteiger partial charge in [0, 0.05) is 38.6 Å². The third-order valence-corrected chi connectivity index (χ3v) is 4.54. The normalized spacial score (nSPS) is 17.5. The minimum Gasteiger partial charge on any atom is -0.475 e. The molecule has 30 heavy (non-hydrogen) atoms. The fourth-order valence-electron chi connectivity index (χ4n) is 3.22. The van der Waals surface area contributed by atoms with Gasteiger partial charge >= 0.3 is 0 Å². The van der Waals surface area contributed by atoms with Crippen LogP contribution >= 0.6 is 24.0 Å². The Labute approximate surface area is 198 Å². The number of ether oxygens (including phenoxy) is 3. The number of nitrogens with zero attached hydrogens (tertiary/aromatic N) is 2. The van der Waals surface area contributed by atoms with Gasteiger partial charge in [0.1, 0.15) is 0 Å². The molecule has 1 fully saturated rings. The van der Waals surface area contributed by atoms with E-state index in [2.05, 4.69) is 48.3 Å². The van der Waals surface area contributed by atoms with Crippen LogP contribution in [0.2, 0.25) is 0 Å². The van der Waals surface area contributed by atoms with E-state index in [9.17, 15) is 0 Å². The van der Waals surface area contributed by atoms with Crippen LogP contribution in [0.3, 0.4) is 0 Å². The first kappa shape index (κ1) is 26.9. The van der Waals surface area contributed by atoms with E-state index in [0.717, 1.165) is 63.7 Å². The summed E-state index contributed by atoms with van der Waals surface area (Å²) in [7, 11) is 0. The lowest BCUT2D eigenvalue weighted by Crippen LogP contribution is -2.38. The minimum absolute atomic E-state index is 0. The Bertz CT molecular complexity index is 610. The highest BCUT2D eigenvalue weighted by Crippen LogP contribution is 2.15. The van der Waals surface area contributed by atoms with Crippen molar-refractivity contribution < 1.29 is 14.2 Å². The van der Waals surface area contributed by atoms with Gasteiger partial charge in [0.05, 0.1) is 25.4 Å². The van der Waals surface area contributed by atoms with Gasteiger partial charge in [0.15, 0.2) is 5.96 Å². The molecule has 0 aromatic carbocycles. The predicted molar refractivity (Wildman–Crippen MR) is 132 cm³/mol. The van der Waals surface area contributed by atoms with Crippen molar-refractivity contribution in [3.05, 3.63) is 23.9 Å². The third-order valence-electron chi connectivity index (χ3n) is 4.54. The first-order valence-electron chi connectivity index (χ1n) is 10.9. The van der Waals surface area contributed by atoms with Crippen LogP contribution in [0, 0.1) is 5.92 Å². The summed E-state index contributed by atoms with van der Waals surface area (Å²) in [6.45, 7) is 13.0. The molecule has 1 aliphatic rings. The van der Waals surface area contributed by atoms with Crippen LogP contribution in [0.5, 0.6) is 5.88 Å². The summed E-state index contributed by atoms with van der Waals surface area (Å²) in [6, 6.07) is 3.95. The van der Waals surface area contributed by atoms with E-state index in [1.807, 2.05) is 12.1 Å². The zero-order valence-corrected chi connectivity index (χ0v) is 21.2. The number of hydrogen-bond acceptors (Lipinski definition) is 5. The molecular weight excluding hydrogens is 495 g/mol. The number of aromatic nitrogens is 1.